The van der Waals surface area contributed by atoms with Gasteiger partial charge in [-0.2, -0.15) is 0 Å². The Morgan fingerprint density at radius 2 is 1.76 bits per heavy atom. The van der Waals surface area contributed by atoms with Gasteiger partial charge in [0, 0.05) is 12.4 Å². The van der Waals surface area contributed by atoms with Crippen LogP contribution in [-0.2, 0) is 15.6 Å². The quantitative estimate of drug-likeness (QED) is 0.657. The Morgan fingerprint density at radius 1 is 1.04 bits per heavy atom. The second-order valence-electron chi connectivity index (χ2n) is 5.27. The first-order valence-corrected chi connectivity index (χ1v) is 9.74. The molecule has 25 heavy (non-hydrogen) atoms. The molecule has 134 valence electrons. The van der Waals surface area contributed by atoms with Crippen molar-refractivity contribution in [2.75, 3.05) is 20.8 Å². The Morgan fingerprint density at radius 3 is 2.40 bits per heavy atom. The smallest absolute Gasteiger partial charge is 0.292 e. The first kappa shape index (κ1) is 19.3. The third kappa shape index (κ3) is 5.75. The molecule has 0 saturated heterocycles. The van der Waals surface area contributed by atoms with Crippen LogP contribution in [0.1, 0.15) is 18.1 Å². The van der Waals surface area contributed by atoms with E-state index < -0.39 is 7.52 Å². The van der Waals surface area contributed by atoms with E-state index in [2.05, 4.69) is 5.09 Å². The zero-order valence-electron chi connectivity index (χ0n) is 14.8. The number of hydrogen-bond donors (Lipinski definition) is 1. The van der Waals surface area contributed by atoms with E-state index in [1.807, 2.05) is 55.5 Å². The molecular formula is C19H24NO4P. The van der Waals surface area contributed by atoms with E-state index in [1.165, 1.54) is 0 Å². The van der Waals surface area contributed by atoms with Crippen molar-refractivity contribution in [3.63, 3.8) is 0 Å². The van der Waals surface area contributed by atoms with Crippen LogP contribution < -0.4 is 14.6 Å². The first-order chi connectivity index (χ1) is 12.1. The van der Waals surface area contributed by atoms with Gasteiger partial charge in [0.05, 0.1) is 20.8 Å². The highest BCUT2D eigenvalue weighted by Crippen LogP contribution is 2.45. The van der Waals surface area contributed by atoms with Crippen LogP contribution in [0.25, 0.3) is 6.08 Å². The van der Waals surface area contributed by atoms with Crippen molar-refractivity contribution in [3.05, 3.63) is 65.5 Å². The van der Waals surface area contributed by atoms with E-state index in [9.17, 15) is 4.57 Å². The molecule has 0 fully saturated rings. The van der Waals surface area contributed by atoms with Crippen molar-refractivity contribution in [3.8, 4) is 11.5 Å². The molecule has 2 aromatic carbocycles. The van der Waals surface area contributed by atoms with E-state index >= 15 is 0 Å². The molecule has 0 aromatic heterocycles. The number of ether oxygens (including phenoxy) is 2. The van der Waals surface area contributed by atoms with Crippen LogP contribution in [0, 0.1) is 0 Å². The van der Waals surface area contributed by atoms with E-state index in [0.29, 0.717) is 24.7 Å². The molecular weight excluding hydrogens is 337 g/mol. The van der Waals surface area contributed by atoms with Crippen LogP contribution in [-0.4, -0.2) is 20.8 Å². The average Bonchev–Trinajstić information content (AvgIpc) is 2.66. The molecule has 0 aliphatic carbocycles. The largest absolute Gasteiger partial charge is 0.493 e. The van der Waals surface area contributed by atoms with Crippen LogP contribution >= 0.6 is 7.52 Å². The second kappa shape index (κ2) is 9.42. The van der Waals surface area contributed by atoms with Gasteiger partial charge in [-0.15, -0.1) is 0 Å². The molecule has 5 nitrogen and oxygen atoms in total. The van der Waals surface area contributed by atoms with Gasteiger partial charge in [-0.05, 0) is 36.3 Å². The highest BCUT2D eigenvalue weighted by Gasteiger charge is 2.18. The Hall–Kier alpha value is -2.07. The number of rotatable bonds is 9. The number of benzene rings is 2. The molecule has 1 atom stereocenters. The lowest BCUT2D eigenvalue weighted by atomic mass is 10.2. The standard InChI is InChI=1S/C19H24NO4P/c1-4-24-25(21,20-15-17-8-6-5-7-9-17)13-12-16-10-11-18(22-2)19(14-16)23-3/h5-14H,4,15H2,1-3H3,(H,20,21)/b13-12+. The maximum absolute atomic E-state index is 13.0. The molecule has 0 radical (unpaired) electrons. The van der Waals surface area contributed by atoms with Crippen molar-refractivity contribution in [2.24, 2.45) is 0 Å². The summed E-state index contributed by atoms with van der Waals surface area (Å²) in [5.74, 6) is 2.85. The van der Waals surface area contributed by atoms with Crippen molar-refractivity contribution >= 4 is 13.6 Å². The summed E-state index contributed by atoms with van der Waals surface area (Å²) in [5.41, 5.74) is 1.89. The van der Waals surface area contributed by atoms with E-state index in [4.69, 9.17) is 14.0 Å². The highest BCUT2D eigenvalue weighted by atomic mass is 31.2. The van der Waals surface area contributed by atoms with Crippen molar-refractivity contribution < 1.29 is 18.6 Å². The predicted octanol–water partition coefficient (Wildman–Crippen LogP) is 4.69. The van der Waals surface area contributed by atoms with Gasteiger partial charge in [0.1, 0.15) is 0 Å². The fraction of sp³-hybridized carbons (Fsp3) is 0.263. The molecule has 0 saturated carbocycles. The maximum atomic E-state index is 13.0. The normalized spacial score (nSPS) is 13.6. The molecule has 1 unspecified atom stereocenters. The van der Waals surface area contributed by atoms with Gasteiger partial charge in [0.25, 0.3) is 7.52 Å². The van der Waals surface area contributed by atoms with Gasteiger partial charge >= 0.3 is 0 Å². The summed E-state index contributed by atoms with van der Waals surface area (Å²) in [7, 11) is 0.0734. The fourth-order valence-electron chi connectivity index (χ4n) is 2.27. The SMILES string of the molecule is CCOP(=O)(/C=C/c1ccc(OC)c(OC)c1)NCc1ccccc1. The molecule has 0 spiro atoms. The van der Waals surface area contributed by atoms with Crippen molar-refractivity contribution in [1.29, 1.82) is 0 Å². The molecule has 2 rings (SSSR count). The van der Waals surface area contributed by atoms with Gasteiger partial charge in [0.15, 0.2) is 11.5 Å². The fourth-order valence-corrected chi connectivity index (χ4v) is 3.71. The van der Waals surface area contributed by atoms with Gasteiger partial charge in [-0.25, -0.2) is 5.09 Å². The van der Waals surface area contributed by atoms with Gasteiger partial charge < -0.3 is 14.0 Å². The van der Waals surface area contributed by atoms with E-state index in [1.54, 1.807) is 26.1 Å². The minimum Gasteiger partial charge on any atom is -0.493 e. The minimum atomic E-state index is -3.10. The zero-order valence-corrected chi connectivity index (χ0v) is 15.7. The Balaban J connectivity index is 2.14. The van der Waals surface area contributed by atoms with Crippen molar-refractivity contribution in [1.82, 2.24) is 5.09 Å². The summed E-state index contributed by atoms with van der Waals surface area (Å²) in [6.07, 6.45) is 1.76. The van der Waals surface area contributed by atoms with Gasteiger partial charge in [0.2, 0.25) is 0 Å². The van der Waals surface area contributed by atoms with E-state index in [0.717, 1.165) is 11.1 Å². The molecule has 0 aliphatic rings. The van der Waals surface area contributed by atoms with Crippen LogP contribution in [0.3, 0.4) is 0 Å². The molecule has 0 bridgehead atoms. The third-order valence-corrected chi connectivity index (χ3v) is 5.32. The van der Waals surface area contributed by atoms with Crippen LogP contribution in [0.5, 0.6) is 11.5 Å². The lowest BCUT2D eigenvalue weighted by Gasteiger charge is -2.15. The minimum absolute atomic E-state index is 0.356. The van der Waals surface area contributed by atoms with Crippen LogP contribution in [0.15, 0.2) is 54.3 Å². The second-order valence-corrected chi connectivity index (χ2v) is 7.33. The monoisotopic (exact) mass is 361 g/mol. The molecule has 2 aromatic rings. The number of methoxy groups -OCH3 is 2. The highest BCUT2D eigenvalue weighted by molar-refractivity contribution is 7.60. The van der Waals surface area contributed by atoms with Gasteiger partial charge in [-0.1, -0.05) is 36.4 Å². The van der Waals surface area contributed by atoms with E-state index in [-0.39, 0.29) is 0 Å². The number of nitrogens with one attached hydrogen (secondary N) is 1. The first-order valence-electron chi connectivity index (χ1n) is 8.05. The number of hydrogen-bond acceptors (Lipinski definition) is 4. The van der Waals surface area contributed by atoms with Gasteiger partial charge in [-0.3, -0.25) is 4.57 Å². The predicted molar refractivity (Wildman–Crippen MR) is 101 cm³/mol. The molecule has 0 heterocycles. The molecule has 6 heteroatoms. The summed E-state index contributed by atoms with van der Waals surface area (Å²) >= 11 is 0. The summed E-state index contributed by atoms with van der Waals surface area (Å²) in [4.78, 5) is 0. The molecule has 0 amide bonds. The lowest BCUT2D eigenvalue weighted by molar-refractivity contribution is 0.331. The van der Waals surface area contributed by atoms with Crippen LogP contribution in [0.4, 0.5) is 0 Å². The average molecular weight is 361 g/mol. The summed E-state index contributed by atoms with van der Waals surface area (Å²) < 4.78 is 28.9. The van der Waals surface area contributed by atoms with Crippen LogP contribution in [0.2, 0.25) is 0 Å². The third-order valence-electron chi connectivity index (χ3n) is 3.54. The molecule has 1 N–H and O–H groups in total. The maximum Gasteiger partial charge on any atom is 0.292 e. The topological polar surface area (TPSA) is 56.8 Å². The Labute approximate surface area is 149 Å². The zero-order chi connectivity index (χ0) is 18.1. The summed E-state index contributed by atoms with van der Waals surface area (Å²) in [6.45, 7) is 2.64. The van der Waals surface area contributed by atoms with Crippen molar-refractivity contribution in [2.45, 2.75) is 13.5 Å². The summed E-state index contributed by atoms with van der Waals surface area (Å²) in [6, 6.07) is 15.3. The Bertz CT molecular complexity index is 746. The Kier molecular flexibility index (Phi) is 7.26. The summed E-state index contributed by atoms with van der Waals surface area (Å²) in [5, 5.41) is 3.03. The molecule has 0 aliphatic heterocycles. The lowest BCUT2D eigenvalue weighted by Crippen LogP contribution is -2.10.